The molecule has 1 aromatic heterocycles. The molecule has 3 heterocycles. The Hall–Kier alpha value is -2.64. The van der Waals surface area contributed by atoms with Gasteiger partial charge in [-0.3, -0.25) is 9.59 Å². The maximum atomic E-state index is 12.3. The fraction of sp³-hybridized carbons (Fsp3) is 0.467. The summed E-state index contributed by atoms with van der Waals surface area (Å²) in [5, 5.41) is 15.3. The minimum Gasteiger partial charge on any atom is -0.480 e. The fourth-order valence-corrected chi connectivity index (χ4v) is 3.05. The molecule has 0 unspecified atom stereocenters. The average Bonchev–Trinajstić information content (AvgIpc) is 2.67. The monoisotopic (exact) mass is 318 g/mol. The van der Waals surface area contributed by atoms with Crippen LogP contribution in [-0.2, 0) is 9.59 Å². The van der Waals surface area contributed by atoms with E-state index in [2.05, 4.69) is 15.6 Å². The Bertz CT molecular complexity index is 677. The summed E-state index contributed by atoms with van der Waals surface area (Å²) >= 11 is 0. The zero-order valence-corrected chi connectivity index (χ0v) is 12.7. The number of rotatable bonds is 2. The van der Waals surface area contributed by atoms with Crippen molar-refractivity contribution in [1.29, 1.82) is 0 Å². The number of amides is 2. The molecule has 8 nitrogen and oxygen atoms in total. The van der Waals surface area contributed by atoms with E-state index in [9.17, 15) is 14.4 Å². The van der Waals surface area contributed by atoms with E-state index in [1.54, 1.807) is 18.3 Å². The molecule has 0 aromatic carbocycles. The van der Waals surface area contributed by atoms with Crippen LogP contribution in [0.1, 0.15) is 36.5 Å². The van der Waals surface area contributed by atoms with E-state index in [1.165, 1.54) is 11.8 Å². The number of hydrogen-bond acceptors (Lipinski definition) is 5. The Morgan fingerprint density at radius 3 is 2.91 bits per heavy atom. The molecule has 0 bridgehead atoms. The third-order valence-corrected chi connectivity index (χ3v) is 4.45. The van der Waals surface area contributed by atoms with Gasteiger partial charge in [0.2, 0.25) is 5.91 Å². The summed E-state index contributed by atoms with van der Waals surface area (Å²) in [7, 11) is 0. The van der Waals surface area contributed by atoms with Gasteiger partial charge in [-0.15, -0.1) is 0 Å². The second-order valence-electron chi connectivity index (χ2n) is 5.91. The van der Waals surface area contributed by atoms with Crippen LogP contribution < -0.4 is 10.6 Å². The SMILES string of the molecule is C[C@H](C(=O)O)N1CC[C@]2(CCC1=O)NC(=O)c1cccnc1N2. The first-order chi connectivity index (χ1) is 10.9. The molecule has 1 fully saturated rings. The summed E-state index contributed by atoms with van der Waals surface area (Å²) in [6.07, 6.45) is 2.56. The van der Waals surface area contributed by atoms with Gasteiger partial charge >= 0.3 is 5.97 Å². The van der Waals surface area contributed by atoms with Gasteiger partial charge in [-0.2, -0.15) is 0 Å². The molecular formula is C15H18N4O4. The van der Waals surface area contributed by atoms with E-state index >= 15 is 0 Å². The predicted octanol–water partition coefficient (Wildman–Crippen LogP) is 0.419. The predicted molar refractivity (Wildman–Crippen MR) is 80.7 cm³/mol. The van der Waals surface area contributed by atoms with Crippen molar-refractivity contribution in [2.45, 2.75) is 37.9 Å². The Labute approximate surface area is 132 Å². The van der Waals surface area contributed by atoms with Gasteiger partial charge in [0.15, 0.2) is 0 Å². The second kappa shape index (κ2) is 5.53. The quantitative estimate of drug-likeness (QED) is 0.728. The van der Waals surface area contributed by atoms with Gasteiger partial charge in [0, 0.05) is 25.6 Å². The molecule has 1 aromatic rings. The number of fused-ring (bicyclic) bond motifs is 1. The largest absolute Gasteiger partial charge is 0.480 e. The first-order valence-corrected chi connectivity index (χ1v) is 7.50. The van der Waals surface area contributed by atoms with E-state index in [0.29, 0.717) is 24.2 Å². The summed E-state index contributed by atoms with van der Waals surface area (Å²) in [4.78, 5) is 41.2. The number of carboxylic acids is 1. The van der Waals surface area contributed by atoms with Crippen molar-refractivity contribution in [3.63, 3.8) is 0 Å². The van der Waals surface area contributed by atoms with Crippen molar-refractivity contribution >= 4 is 23.6 Å². The van der Waals surface area contributed by atoms with Gasteiger partial charge in [-0.05, 0) is 25.5 Å². The second-order valence-corrected chi connectivity index (χ2v) is 5.91. The van der Waals surface area contributed by atoms with Crippen molar-refractivity contribution in [3.8, 4) is 0 Å². The van der Waals surface area contributed by atoms with Crippen LogP contribution in [-0.4, -0.2) is 51.0 Å². The third kappa shape index (κ3) is 2.71. The van der Waals surface area contributed by atoms with E-state index in [-0.39, 0.29) is 24.8 Å². The molecule has 3 rings (SSSR count). The summed E-state index contributed by atoms with van der Waals surface area (Å²) in [5.74, 6) is -1.01. The number of carboxylic acid groups (broad SMARTS) is 1. The zero-order chi connectivity index (χ0) is 16.6. The fourth-order valence-electron chi connectivity index (χ4n) is 3.05. The van der Waals surface area contributed by atoms with Crippen LogP contribution in [0.3, 0.4) is 0 Å². The lowest BCUT2D eigenvalue weighted by atomic mass is 9.97. The zero-order valence-electron chi connectivity index (χ0n) is 12.7. The highest BCUT2D eigenvalue weighted by molar-refractivity contribution is 6.01. The number of hydrogen-bond donors (Lipinski definition) is 3. The van der Waals surface area contributed by atoms with Crippen LogP contribution >= 0.6 is 0 Å². The van der Waals surface area contributed by atoms with Crippen molar-refractivity contribution in [1.82, 2.24) is 15.2 Å². The molecule has 23 heavy (non-hydrogen) atoms. The average molecular weight is 318 g/mol. The Balaban J connectivity index is 1.84. The van der Waals surface area contributed by atoms with Crippen LogP contribution in [0.25, 0.3) is 0 Å². The lowest BCUT2D eigenvalue weighted by molar-refractivity contribution is -0.149. The highest BCUT2D eigenvalue weighted by atomic mass is 16.4. The topological polar surface area (TPSA) is 112 Å². The number of carbonyl (C=O) groups is 3. The number of aliphatic carboxylic acids is 1. The van der Waals surface area contributed by atoms with Crippen LogP contribution in [0.4, 0.5) is 5.82 Å². The molecule has 2 amide bonds. The first kappa shape index (κ1) is 15.3. The van der Waals surface area contributed by atoms with Crippen molar-refractivity contribution < 1.29 is 19.5 Å². The van der Waals surface area contributed by atoms with E-state index in [1.807, 2.05) is 0 Å². The van der Waals surface area contributed by atoms with Crippen LogP contribution in [0.2, 0.25) is 0 Å². The van der Waals surface area contributed by atoms with Gasteiger partial charge < -0.3 is 20.6 Å². The summed E-state index contributed by atoms with van der Waals surface area (Å²) < 4.78 is 0. The highest BCUT2D eigenvalue weighted by Crippen LogP contribution is 2.30. The maximum absolute atomic E-state index is 12.3. The van der Waals surface area contributed by atoms with Crippen molar-refractivity contribution in [2.75, 3.05) is 11.9 Å². The maximum Gasteiger partial charge on any atom is 0.326 e. The summed E-state index contributed by atoms with van der Waals surface area (Å²) in [6.45, 7) is 1.74. The Morgan fingerprint density at radius 2 is 2.17 bits per heavy atom. The molecule has 0 radical (unpaired) electrons. The van der Waals surface area contributed by atoms with Crippen LogP contribution in [0.15, 0.2) is 18.3 Å². The molecule has 0 aliphatic carbocycles. The molecule has 2 aliphatic rings. The normalized spacial score (nSPS) is 25.2. The van der Waals surface area contributed by atoms with Gasteiger partial charge in [-0.25, -0.2) is 9.78 Å². The molecule has 0 saturated carbocycles. The van der Waals surface area contributed by atoms with Crippen LogP contribution in [0.5, 0.6) is 0 Å². The van der Waals surface area contributed by atoms with Gasteiger partial charge in [0.1, 0.15) is 17.5 Å². The minimum absolute atomic E-state index is 0.160. The lowest BCUT2D eigenvalue weighted by Gasteiger charge is -2.39. The molecule has 2 aliphatic heterocycles. The first-order valence-electron chi connectivity index (χ1n) is 7.50. The van der Waals surface area contributed by atoms with Crippen molar-refractivity contribution in [2.24, 2.45) is 0 Å². The Kier molecular flexibility index (Phi) is 3.67. The van der Waals surface area contributed by atoms with Crippen molar-refractivity contribution in [3.05, 3.63) is 23.9 Å². The minimum atomic E-state index is -1.04. The number of anilines is 1. The van der Waals surface area contributed by atoms with Gasteiger partial charge in [0.25, 0.3) is 5.91 Å². The van der Waals surface area contributed by atoms with E-state index in [0.717, 1.165) is 0 Å². The molecule has 2 atom stereocenters. The summed E-state index contributed by atoms with van der Waals surface area (Å²) in [6, 6.07) is 2.48. The molecule has 122 valence electrons. The molecular weight excluding hydrogens is 300 g/mol. The number of nitrogens with one attached hydrogen (secondary N) is 2. The number of aromatic nitrogens is 1. The number of nitrogens with zero attached hydrogens (tertiary/aromatic N) is 2. The van der Waals surface area contributed by atoms with Gasteiger partial charge in [0.05, 0.1) is 5.56 Å². The standard InChI is InChI=1S/C15H18N4O4/c1-9(14(22)23)19-8-6-15(5-4-11(19)20)17-12-10(13(21)18-15)3-2-7-16-12/h2-3,7,9H,4-6,8H2,1H3,(H,16,17)(H,18,21)(H,22,23)/t9-,15+/m1/s1. The smallest absolute Gasteiger partial charge is 0.326 e. The Morgan fingerprint density at radius 1 is 1.39 bits per heavy atom. The summed E-state index contributed by atoms with van der Waals surface area (Å²) in [5.41, 5.74) is -0.314. The molecule has 1 saturated heterocycles. The number of carbonyl (C=O) groups excluding carboxylic acids is 2. The molecule has 8 heteroatoms. The molecule has 1 spiro atoms. The van der Waals surface area contributed by atoms with Gasteiger partial charge in [-0.1, -0.05) is 0 Å². The highest BCUT2D eigenvalue weighted by Gasteiger charge is 2.42. The number of pyridine rings is 1. The van der Waals surface area contributed by atoms with E-state index in [4.69, 9.17) is 5.11 Å². The lowest BCUT2D eigenvalue weighted by Crippen LogP contribution is -2.58. The third-order valence-electron chi connectivity index (χ3n) is 4.45. The van der Waals surface area contributed by atoms with E-state index < -0.39 is 17.7 Å². The van der Waals surface area contributed by atoms with Crippen LogP contribution in [0, 0.1) is 0 Å². The molecule has 3 N–H and O–H groups in total. The number of likely N-dealkylation sites (tertiary alicyclic amines) is 1.